The smallest absolute Gasteiger partial charge is 0.262 e. The number of nitrogens with zero attached hydrogens (tertiary/aromatic N) is 1. The second-order valence-electron chi connectivity index (χ2n) is 12.0. The monoisotopic (exact) mass is 612 g/mol. The molecule has 1 aliphatic rings. The summed E-state index contributed by atoms with van der Waals surface area (Å²) in [5.41, 5.74) is 2.73. The fourth-order valence-electron chi connectivity index (χ4n) is 5.48. The number of fused-ring (bicyclic) bond motifs is 1. The van der Waals surface area contributed by atoms with Gasteiger partial charge in [0.25, 0.3) is 5.91 Å². The van der Waals surface area contributed by atoms with Gasteiger partial charge in [0.15, 0.2) is 0 Å². The molecular weight excluding hydrogens is 574 g/mol. The van der Waals surface area contributed by atoms with Crippen LogP contribution in [0.3, 0.4) is 0 Å². The quantitative estimate of drug-likeness (QED) is 0.185. The van der Waals surface area contributed by atoms with Crippen molar-refractivity contribution in [2.24, 2.45) is 5.41 Å². The Morgan fingerprint density at radius 2 is 1.67 bits per heavy atom. The lowest BCUT2D eigenvalue weighted by atomic mass is 9.83. The number of methoxy groups -OCH3 is 1. The Morgan fingerprint density at radius 3 is 2.33 bits per heavy atom. The second-order valence-corrected chi connectivity index (χ2v) is 12.0. The maximum Gasteiger partial charge on any atom is 0.262 e. The van der Waals surface area contributed by atoms with Crippen LogP contribution in [0.15, 0.2) is 96.2 Å². The topological polar surface area (TPSA) is 71.0 Å². The van der Waals surface area contributed by atoms with E-state index in [1.807, 2.05) is 37.3 Å². The molecule has 1 amide bonds. The highest BCUT2D eigenvalue weighted by molar-refractivity contribution is 6.09. The zero-order valence-electron chi connectivity index (χ0n) is 26.2. The van der Waals surface area contributed by atoms with Crippen molar-refractivity contribution < 1.29 is 28.2 Å². The van der Waals surface area contributed by atoms with Crippen molar-refractivity contribution in [3.8, 4) is 17.2 Å². The number of hydrogen-bond acceptors (Lipinski definition) is 5. The van der Waals surface area contributed by atoms with E-state index in [0.717, 1.165) is 23.7 Å². The standard InChI is InChI=1S/C37H38F2N2O4/c1-6-37(3,4)21-31-23(2)35(27-17-16-26(20-29(27)38)45-22-24-11-8-7-9-12-24)41(32-13-10-14-33(42)34(32)40-31)36(43)28-18-15-25(44-5)19-30(28)39/h7-20,35,40,42H,6,21-22H2,1-5H3. The van der Waals surface area contributed by atoms with Crippen LogP contribution in [0.5, 0.6) is 17.2 Å². The van der Waals surface area contributed by atoms with Crippen molar-refractivity contribution in [2.75, 3.05) is 17.3 Å². The number of carbonyl (C=O) groups excluding carboxylic acids is 1. The number of benzene rings is 4. The molecule has 0 radical (unpaired) electrons. The second kappa shape index (κ2) is 13.0. The number of aromatic hydroxyl groups is 1. The molecule has 8 heteroatoms. The first-order valence-electron chi connectivity index (χ1n) is 14.9. The highest BCUT2D eigenvalue weighted by Gasteiger charge is 2.38. The molecule has 0 bridgehead atoms. The van der Waals surface area contributed by atoms with Gasteiger partial charge in [-0.3, -0.25) is 9.69 Å². The van der Waals surface area contributed by atoms with E-state index in [0.29, 0.717) is 17.7 Å². The summed E-state index contributed by atoms with van der Waals surface area (Å²) in [6.07, 6.45) is 1.41. The minimum absolute atomic E-state index is 0.0918. The third-order valence-electron chi connectivity index (χ3n) is 8.45. The number of nitrogens with one attached hydrogen (secondary N) is 1. The summed E-state index contributed by atoms with van der Waals surface area (Å²) in [7, 11) is 1.41. The van der Waals surface area contributed by atoms with Gasteiger partial charge in [0, 0.05) is 23.4 Å². The van der Waals surface area contributed by atoms with Crippen LogP contribution in [-0.2, 0) is 6.61 Å². The predicted octanol–water partition coefficient (Wildman–Crippen LogP) is 9.17. The molecule has 4 aromatic rings. The highest BCUT2D eigenvalue weighted by atomic mass is 19.1. The number of allylic oxidation sites excluding steroid dienone is 1. The zero-order chi connectivity index (χ0) is 32.3. The average molecular weight is 613 g/mol. The largest absolute Gasteiger partial charge is 0.506 e. The molecule has 1 atom stereocenters. The van der Waals surface area contributed by atoms with Gasteiger partial charge in [0.05, 0.1) is 24.4 Å². The highest BCUT2D eigenvalue weighted by Crippen LogP contribution is 2.48. The van der Waals surface area contributed by atoms with Crippen LogP contribution in [-0.4, -0.2) is 18.1 Å². The molecule has 5 rings (SSSR count). The van der Waals surface area contributed by atoms with E-state index in [1.165, 1.54) is 36.3 Å². The molecule has 234 valence electrons. The number of carbonyl (C=O) groups is 1. The minimum atomic E-state index is -0.986. The molecule has 0 fully saturated rings. The first-order valence-corrected chi connectivity index (χ1v) is 14.9. The Morgan fingerprint density at radius 1 is 0.956 bits per heavy atom. The number of hydrogen-bond donors (Lipinski definition) is 2. The van der Waals surface area contributed by atoms with Crippen LogP contribution in [0.1, 0.15) is 68.1 Å². The van der Waals surface area contributed by atoms with E-state index in [1.54, 1.807) is 24.3 Å². The van der Waals surface area contributed by atoms with Gasteiger partial charge in [-0.05, 0) is 66.3 Å². The lowest BCUT2D eigenvalue weighted by Crippen LogP contribution is -2.36. The molecule has 4 aromatic carbocycles. The summed E-state index contributed by atoms with van der Waals surface area (Å²) >= 11 is 0. The van der Waals surface area contributed by atoms with Gasteiger partial charge in [-0.1, -0.05) is 63.6 Å². The fourth-order valence-corrected chi connectivity index (χ4v) is 5.48. The number of anilines is 2. The van der Waals surface area contributed by atoms with Crippen LogP contribution >= 0.6 is 0 Å². The van der Waals surface area contributed by atoms with Gasteiger partial charge in [-0.25, -0.2) is 8.78 Å². The zero-order valence-corrected chi connectivity index (χ0v) is 26.2. The fraction of sp³-hybridized carbons (Fsp3) is 0.270. The van der Waals surface area contributed by atoms with Crippen molar-refractivity contribution in [1.29, 1.82) is 0 Å². The van der Waals surface area contributed by atoms with Crippen molar-refractivity contribution in [1.82, 2.24) is 0 Å². The molecule has 0 aromatic heterocycles. The SMILES string of the molecule is CCC(C)(C)CC1=C(C)C(c2ccc(OCc3ccccc3)cc2F)N(C(=O)c2ccc(OC)cc2F)c2cccc(O)c2N1. The lowest BCUT2D eigenvalue weighted by molar-refractivity contribution is 0.0975. The van der Waals surface area contributed by atoms with Gasteiger partial charge in [0.2, 0.25) is 0 Å². The van der Waals surface area contributed by atoms with Crippen LogP contribution in [0.25, 0.3) is 0 Å². The van der Waals surface area contributed by atoms with Crippen LogP contribution in [0, 0.1) is 17.0 Å². The average Bonchev–Trinajstić information content (AvgIpc) is 3.14. The maximum atomic E-state index is 16.3. The Hall–Kier alpha value is -4.85. The number of phenolic OH excluding ortho intramolecular Hbond substituents is 1. The Bertz CT molecular complexity index is 1740. The first kappa shape index (κ1) is 31.6. The van der Waals surface area contributed by atoms with Crippen LogP contribution in [0.4, 0.5) is 20.2 Å². The predicted molar refractivity (Wildman–Crippen MR) is 173 cm³/mol. The van der Waals surface area contributed by atoms with E-state index >= 15 is 8.78 Å². The van der Waals surface area contributed by atoms with Crippen molar-refractivity contribution in [3.63, 3.8) is 0 Å². The number of ether oxygens (including phenoxy) is 2. The van der Waals surface area contributed by atoms with Gasteiger partial charge in [-0.15, -0.1) is 0 Å². The van der Waals surface area contributed by atoms with Crippen molar-refractivity contribution in [3.05, 3.63) is 125 Å². The molecule has 2 N–H and O–H groups in total. The molecular formula is C37H38F2N2O4. The molecule has 1 aliphatic heterocycles. The van der Waals surface area contributed by atoms with E-state index in [2.05, 4.69) is 26.1 Å². The van der Waals surface area contributed by atoms with E-state index < -0.39 is 23.6 Å². The summed E-state index contributed by atoms with van der Waals surface area (Å²) in [6, 6.07) is 21.9. The third-order valence-corrected chi connectivity index (χ3v) is 8.45. The number of para-hydroxylation sites is 1. The van der Waals surface area contributed by atoms with Gasteiger partial charge < -0.3 is 19.9 Å². The van der Waals surface area contributed by atoms with Crippen molar-refractivity contribution >= 4 is 17.3 Å². The number of amides is 1. The summed E-state index contributed by atoms with van der Waals surface area (Å²) in [5, 5.41) is 14.4. The Kier molecular flexibility index (Phi) is 9.14. The summed E-state index contributed by atoms with van der Waals surface area (Å²) < 4.78 is 42.7. The number of phenols is 1. The molecule has 0 saturated carbocycles. The summed E-state index contributed by atoms with van der Waals surface area (Å²) in [4.78, 5) is 15.8. The Balaban J connectivity index is 1.68. The van der Waals surface area contributed by atoms with E-state index in [9.17, 15) is 9.90 Å². The molecule has 1 unspecified atom stereocenters. The third kappa shape index (κ3) is 6.65. The summed E-state index contributed by atoms with van der Waals surface area (Å²) in [5.74, 6) is -1.57. The molecule has 45 heavy (non-hydrogen) atoms. The molecule has 6 nitrogen and oxygen atoms in total. The molecule has 0 spiro atoms. The molecule has 1 heterocycles. The summed E-state index contributed by atoms with van der Waals surface area (Å²) in [6.45, 7) is 8.43. The van der Waals surface area contributed by atoms with Crippen LogP contribution < -0.4 is 19.7 Å². The van der Waals surface area contributed by atoms with E-state index in [-0.39, 0.29) is 46.0 Å². The van der Waals surface area contributed by atoms with Gasteiger partial charge in [-0.2, -0.15) is 0 Å². The normalized spacial score (nSPS) is 14.8. The van der Waals surface area contributed by atoms with E-state index in [4.69, 9.17) is 9.47 Å². The Labute approximate surface area is 262 Å². The minimum Gasteiger partial charge on any atom is -0.506 e. The maximum absolute atomic E-state index is 16.3. The van der Waals surface area contributed by atoms with Gasteiger partial charge in [0.1, 0.15) is 41.2 Å². The number of rotatable bonds is 9. The van der Waals surface area contributed by atoms with Gasteiger partial charge >= 0.3 is 0 Å². The number of halogens is 2. The first-order chi connectivity index (χ1) is 21.5. The van der Waals surface area contributed by atoms with Crippen LogP contribution in [0.2, 0.25) is 0 Å². The van der Waals surface area contributed by atoms with Crippen molar-refractivity contribution in [2.45, 2.75) is 53.2 Å². The molecule has 0 aliphatic carbocycles. The lowest BCUT2D eigenvalue weighted by Gasteiger charge is -2.33. The molecule has 0 saturated heterocycles.